The molecule has 2 aliphatic rings. The second kappa shape index (κ2) is 7.00. The molecule has 2 aromatic rings. The molecule has 0 fully saturated rings. The van der Waals surface area contributed by atoms with E-state index in [0.717, 1.165) is 47.2 Å². The van der Waals surface area contributed by atoms with Crippen molar-refractivity contribution in [2.45, 2.75) is 25.3 Å². The fourth-order valence-corrected chi connectivity index (χ4v) is 3.88. The molecule has 0 aromatic heterocycles. The number of hydrogen-bond donors (Lipinski definition) is 2. The van der Waals surface area contributed by atoms with Crippen molar-refractivity contribution in [1.82, 2.24) is 10.6 Å². The highest BCUT2D eigenvalue weighted by Gasteiger charge is 2.30. The van der Waals surface area contributed by atoms with Crippen molar-refractivity contribution in [2.75, 3.05) is 0 Å². The summed E-state index contributed by atoms with van der Waals surface area (Å²) in [6.45, 7) is 0. The summed E-state index contributed by atoms with van der Waals surface area (Å²) in [7, 11) is 0. The quantitative estimate of drug-likeness (QED) is 0.729. The van der Waals surface area contributed by atoms with Gasteiger partial charge in [-0.25, -0.2) is 8.78 Å². The molecule has 132 valence electrons. The van der Waals surface area contributed by atoms with Crippen molar-refractivity contribution in [2.24, 2.45) is 0 Å². The molecular weight excluding hydrogens is 350 g/mol. The maximum absolute atomic E-state index is 13.7. The van der Waals surface area contributed by atoms with Gasteiger partial charge in [0.1, 0.15) is 11.6 Å². The highest BCUT2D eigenvalue weighted by molar-refractivity contribution is 7.80. The Labute approximate surface area is 156 Å². The van der Waals surface area contributed by atoms with Crippen molar-refractivity contribution in [3.8, 4) is 0 Å². The molecule has 0 saturated carbocycles. The van der Waals surface area contributed by atoms with Gasteiger partial charge in [-0.3, -0.25) is 0 Å². The van der Waals surface area contributed by atoms with Crippen molar-refractivity contribution in [1.29, 1.82) is 0 Å². The van der Waals surface area contributed by atoms with Crippen LogP contribution in [-0.2, 0) is 0 Å². The van der Waals surface area contributed by atoms with Gasteiger partial charge >= 0.3 is 0 Å². The average molecular weight is 368 g/mol. The molecule has 1 heterocycles. The van der Waals surface area contributed by atoms with Gasteiger partial charge in [-0.05, 0) is 84.1 Å². The highest BCUT2D eigenvalue weighted by Crippen LogP contribution is 2.38. The summed E-state index contributed by atoms with van der Waals surface area (Å²) < 4.78 is 27.2. The van der Waals surface area contributed by atoms with Gasteiger partial charge in [0.2, 0.25) is 0 Å². The Balaban J connectivity index is 1.78. The fourth-order valence-electron chi connectivity index (χ4n) is 3.66. The summed E-state index contributed by atoms with van der Waals surface area (Å²) >= 11 is 5.38. The van der Waals surface area contributed by atoms with Crippen LogP contribution in [-0.4, -0.2) is 5.11 Å². The maximum atomic E-state index is 13.7. The molecule has 0 amide bonds. The minimum atomic E-state index is -0.262. The normalized spacial score (nSPS) is 21.2. The van der Waals surface area contributed by atoms with E-state index < -0.39 is 0 Å². The van der Waals surface area contributed by atoms with Gasteiger partial charge in [-0.1, -0.05) is 24.3 Å². The molecule has 0 bridgehead atoms. The minimum Gasteiger partial charge on any atom is -0.352 e. The smallest absolute Gasteiger partial charge is 0.171 e. The van der Waals surface area contributed by atoms with Crippen LogP contribution in [0.3, 0.4) is 0 Å². The Bertz CT molecular complexity index is 933. The molecule has 2 aromatic carbocycles. The molecule has 1 aliphatic heterocycles. The van der Waals surface area contributed by atoms with E-state index in [-0.39, 0.29) is 17.7 Å². The number of halogens is 2. The van der Waals surface area contributed by atoms with E-state index in [0.29, 0.717) is 5.11 Å². The van der Waals surface area contributed by atoms with Gasteiger partial charge in [0.05, 0.1) is 6.04 Å². The van der Waals surface area contributed by atoms with Crippen LogP contribution in [0.2, 0.25) is 0 Å². The van der Waals surface area contributed by atoms with Gasteiger partial charge in [-0.15, -0.1) is 0 Å². The monoisotopic (exact) mass is 368 g/mol. The van der Waals surface area contributed by atoms with Crippen molar-refractivity contribution in [3.63, 3.8) is 0 Å². The molecule has 0 saturated heterocycles. The van der Waals surface area contributed by atoms with E-state index >= 15 is 0 Å². The molecule has 1 aliphatic carbocycles. The van der Waals surface area contributed by atoms with Gasteiger partial charge in [0.25, 0.3) is 0 Å². The lowest BCUT2D eigenvalue weighted by Crippen LogP contribution is -2.45. The SMILES string of the molecule is Fc1cccc(/C=C2\CCCC3=C2NC(=S)N[C@@H]3c2cccc(F)c2)c1. The number of allylic oxidation sites excluding steroid dienone is 1. The zero-order valence-corrected chi connectivity index (χ0v) is 14.9. The predicted molar refractivity (Wildman–Crippen MR) is 103 cm³/mol. The van der Waals surface area contributed by atoms with Crippen LogP contribution in [0.25, 0.3) is 6.08 Å². The fraction of sp³-hybridized carbons (Fsp3) is 0.190. The number of rotatable bonds is 2. The van der Waals surface area contributed by atoms with Crippen LogP contribution in [0.1, 0.15) is 36.4 Å². The number of thiocarbonyl (C=S) groups is 1. The molecule has 26 heavy (non-hydrogen) atoms. The van der Waals surface area contributed by atoms with Crippen molar-refractivity contribution >= 4 is 23.4 Å². The number of hydrogen-bond acceptors (Lipinski definition) is 1. The zero-order chi connectivity index (χ0) is 18.1. The van der Waals surface area contributed by atoms with E-state index in [1.54, 1.807) is 18.2 Å². The zero-order valence-electron chi connectivity index (χ0n) is 14.1. The van der Waals surface area contributed by atoms with Crippen LogP contribution in [0.15, 0.2) is 65.4 Å². The first-order valence-corrected chi connectivity index (χ1v) is 9.03. The lowest BCUT2D eigenvalue weighted by atomic mass is 9.83. The summed E-state index contributed by atoms with van der Waals surface area (Å²) in [5, 5.41) is 7.04. The van der Waals surface area contributed by atoms with Crippen LogP contribution in [0.4, 0.5) is 8.78 Å². The first-order chi connectivity index (χ1) is 12.6. The molecule has 1 atom stereocenters. The third-order valence-corrected chi connectivity index (χ3v) is 4.99. The Kier molecular flexibility index (Phi) is 4.55. The number of benzene rings is 2. The Morgan fingerprint density at radius 2 is 1.77 bits per heavy atom. The average Bonchev–Trinajstić information content (AvgIpc) is 2.62. The molecule has 2 N–H and O–H groups in total. The summed E-state index contributed by atoms with van der Waals surface area (Å²) in [6, 6.07) is 13.0. The van der Waals surface area contributed by atoms with Gasteiger partial charge in [0.15, 0.2) is 5.11 Å². The van der Waals surface area contributed by atoms with Crippen LogP contribution in [0, 0.1) is 11.6 Å². The predicted octanol–water partition coefficient (Wildman–Crippen LogP) is 5.01. The molecule has 0 radical (unpaired) electrons. The van der Waals surface area contributed by atoms with Crippen LogP contribution < -0.4 is 10.6 Å². The van der Waals surface area contributed by atoms with E-state index in [9.17, 15) is 8.78 Å². The molecule has 0 spiro atoms. The van der Waals surface area contributed by atoms with E-state index in [2.05, 4.69) is 10.6 Å². The second-order valence-electron chi connectivity index (χ2n) is 6.56. The van der Waals surface area contributed by atoms with Crippen LogP contribution in [0.5, 0.6) is 0 Å². The van der Waals surface area contributed by atoms with Crippen molar-refractivity contribution in [3.05, 3.63) is 88.1 Å². The summed E-state index contributed by atoms with van der Waals surface area (Å²) in [5.41, 5.74) is 4.93. The first-order valence-electron chi connectivity index (χ1n) is 8.63. The first kappa shape index (κ1) is 16.9. The molecule has 5 heteroatoms. The van der Waals surface area contributed by atoms with E-state index in [4.69, 9.17) is 12.2 Å². The van der Waals surface area contributed by atoms with Crippen LogP contribution >= 0.6 is 12.2 Å². The number of nitrogens with one attached hydrogen (secondary N) is 2. The van der Waals surface area contributed by atoms with Gasteiger partial charge in [-0.2, -0.15) is 0 Å². The van der Waals surface area contributed by atoms with E-state index in [1.165, 1.54) is 18.2 Å². The maximum Gasteiger partial charge on any atom is 0.171 e. The standard InChI is InChI=1S/C21H18F2N2S/c22-16-7-1-4-13(11-16)10-14-6-3-9-18-19(14)24-21(26)25-20(18)15-5-2-8-17(23)12-15/h1-2,4-5,7-8,10-12,20H,3,6,9H2,(H2,24,25,26)/b14-10+/t20-/m1/s1. The Morgan fingerprint density at radius 3 is 2.54 bits per heavy atom. The topological polar surface area (TPSA) is 24.1 Å². The molecular formula is C21H18F2N2S. The third kappa shape index (κ3) is 3.40. The second-order valence-corrected chi connectivity index (χ2v) is 6.97. The third-order valence-electron chi connectivity index (χ3n) is 4.77. The highest BCUT2D eigenvalue weighted by atomic mass is 32.1. The Morgan fingerprint density at radius 1 is 1.00 bits per heavy atom. The lowest BCUT2D eigenvalue weighted by Gasteiger charge is -2.36. The molecule has 2 nitrogen and oxygen atoms in total. The summed E-state index contributed by atoms with van der Waals surface area (Å²) in [6.07, 6.45) is 4.78. The summed E-state index contributed by atoms with van der Waals surface area (Å²) in [5.74, 6) is -0.516. The molecule has 4 rings (SSSR count). The lowest BCUT2D eigenvalue weighted by molar-refractivity contribution is 0.594. The Hall–Kier alpha value is -2.53. The van der Waals surface area contributed by atoms with Gasteiger partial charge < -0.3 is 10.6 Å². The minimum absolute atomic E-state index is 0.148. The molecule has 0 unspecified atom stereocenters. The van der Waals surface area contributed by atoms with Gasteiger partial charge in [0, 0.05) is 5.70 Å². The van der Waals surface area contributed by atoms with Crippen molar-refractivity contribution < 1.29 is 8.78 Å². The largest absolute Gasteiger partial charge is 0.352 e. The van der Waals surface area contributed by atoms with E-state index in [1.807, 2.05) is 18.2 Å². The summed E-state index contributed by atoms with van der Waals surface area (Å²) in [4.78, 5) is 0.